The number of hydrogen-bond donors (Lipinski definition) is 0. The molecule has 0 saturated carbocycles. The summed E-state index contributed by atoms with van der Waals surface area (Å²) < 4.78 is 0. The van der Waals surface area contributed by atoms with Crippen molar-refractivity contribution in [2.24, 2.45) is 0 Å². The van der Waals surface area contributed by atoms with E-state index in [2.05, 4.69) is 58.5 Å². The van der Waals surface area contributed by atoms with Gasteiger partial charge in [0.25, 0.3) is 0 Å². The van der Waals surface area contributed by atoms with Gasteiger partial charge in [-0.3, -0.25) is 0 Å². The van der Waals surface area contributed by atoms with Crippen molar-refractivity contribution in [2.75, 3.05) is 0 Å². The molecule has 0 aromatic heterocycles. The van der Waals surface area contributed by atoms with Crippen LogP contribution in [0, 0.1) is 6.92 Å². The number of aryl methyl sites for hydroxylation is 1. The number of hydrogen-bond acceptors (Lipinski definition) is 0. The molecule has 0 aliphatic rings. The van der Waals surface area contributed by atoms with Crippen molar-refractivity contribution >= 4 is 39.5 Å². The molecule has 1 aromatic carbocycles. The average molecular weight is 367 g/mol. The maximum atomic E-state index is 3.27. The Labute approximate surface area is 86.7 Å². The molecule has 0 aliphatic carbocycles. The molecule has 0 radical (unpaired) electrons. The van der Waals surface area contributed by atoms with Gasteiger partial charge in [0.2, 0.25) is 0 Å². The topological polar surface area (TPSA) is 0 Å². The van der Waals surface area contributed by atoms with Gasteiger partial charge in [0, 0.05) is 0 Å². The van der Waals surface area contributed by atoms with Gasteiger partial charge in [-0.25, -0.2) is 12.1 Å². The Morgan fingerprint density at radius 1 is 1.10 bits per heavy atom. The molecule has 0 bridgehead atoms. The number of halogens is 3. The molecule has 1 rings (SSSR count). The van der Waals surface area contributed by atoms with Crippen LogP contribution in [0.4, 0.5) is 0 Å². The molecule has 0 N–H and O–H groups in total. The fourth-order valence-electron chi connectivity index (χ4n) is 0.470. The van der Waals surface area contributed by atoms with E-state index in [0.717, 1.165) is 0 Å². The van der Waals surface area contributed by atoms with E-state index in [-0.39, 0.29) is 0 Å². The molecule has 4 heteroatoms. The van der Waals surface area contributed by atoms with Crippen LogP contribution < -0.4 is 0 Å². The van der Waals surface area contributed by atoms with Crippen LogP contribution in [0.1, 0.15) is 5.56 Å². The molecule has 0 unspecified atom stereocenters. The molecule has 0 heterocycles. The van der Waals surface area contributed by atoms with Crippen LogP contribution in [-0.2, 0) is 11.6 Å². The summed E-state index contributed by atoms with van der Waals surface area (Å²) in [5.41, 5.74) is 1.34. The second kappa shape index (κ2) is 7.17. The maximum absolute atomic E-state index is 3.27. The van der Waals surface area contributed by atoms with Crippen molar-refractivity contribution in [1.29, 1.82) is 0 Å². The van der Waals surface area contributed by atoms with E-state index in [0.29, 0.717) is 0 Å². The van der Waals surface area contributed by atoms with Crippen molar-refractivity contribution in [3.8, 4) is 0 Å². The minimum atomic E-state index is -0.896. The van der Waals surface area contributed by atoms with Crippen LogP contribution in [0.5, 0.6) is 0 Å². The van der Waals surface area contributed by atoms with Gasteiger partial charge in [0.1, 0.15) is 0 Å². The zero-order valence-corrected chi connectivity index (χ0v) is 11.8. The Hall–Kier alpha value is 1.50. The Balaban J connectivity index is 0.000000180. The summed E-state index contributed by atoms with van der Waals surface area (Å²) in [5, 5.41) is 0. The Morgan fingerprint density at radius 2 is 1.40 bits per heavy atom. The molecule has 10 heavy (non-hydrogen) atoms. The van der Waals surface area contributed by atoms with Crippen LogP contribution in [0.2, 0.25) is 0 Å². The average Bonchev–Trinajstić information content (AvgIpc) is 2.15. The molecule has 0 spiro atoms. The van der Waals surface area contributed by atoms with Crippen molar-refractivity contribution in [1.82, 2.24) is 0 Å². The van der Waals surface area contributed by atoms with Gasteiger partial charge in [0.15, 0.2) is 0 Å². The fraction of sp³-hybridized carbons (Fsp3) is 0.167. The Bertz CT molecular complexity index is 145. The van der Waals surface area contributed by atoms with Gasteiger partial charge in [-0.2, -0.15) is 17.7 Å². The first-order valence-corrected chi connectivity index (χ1v) is 14.2. The minimum absolute atomic E-state index is 0.896. The van der Waals surface area contributed by atoms with Crippen molar-refractivity contribution < 1.29 is 11.6 Å². The summed E-state index contributed by atoms with van der Waals surface area (Å²) in [6, 6.07) is 8.24. The second-order valence-electron chi connectivity index (χ2n) is 1.68. The van der Waals surface area contributed by atoms with E-state index in [1.54, 1.807) is 0 Å². The summed E-state index contributed by atoms with van der Waals surface area (Å²) in [7, 11) is 0. The first-order valence-electron chi connectivity index (χ1n) is 2.64. The molecule has 0 atom stereocenters. The van der Waals surface area contributed by atoms with Crippen LogP contribution >= 0.6 is 39.5 Å². The van der Waals surface area contributed by atoms with Gasteiger partial charge < -0.3 is 0 Å². The summed E-state index contributed by atoms with van der Waals surface area (Å²) in [4.78, 5) is 0. The zero-order chi connectivity index (χ0) is 7.98. The normalized spacial score (nSPS) is 8.00. The summed E-state index contributed by atoms with van der Waals surface area (Å²) in [6.07, 6.45) is 0. The molecule has 0 aliphatic heterocycles. The molecule has 56 valence electrons. The van der Waals surface area contributed by atoms with Gasteiger partial charge in [-0.1, -0.05) is 6.92 Å². The molecular formula is C6H7Br3Ti. The third-order valence-corrected chi connectivity index (χ3v) is 0.829. The second-order valence-corrected chi connectivity index (χ2v) is 25.3. The zero-order valence-electron chi connectivity index (χ0n) is 5.44. The predicted molar refractivity (Wildman–Crippen MR) is 53.6 cm³/mol. The van der Waals surface area contributed by atoms with Gasteiger partial charge in [-0.15, -0.1) is 0 Å². The van der Waals surface area contributed by atoms with E-state index in [4.69, 9.17) is 0 Å². The van der Waals surface area contributed by atoms with Crippen LogP contribution in [0.15, 0.2) is 24.3 Å². The molecule has 0 fully saturated rings. The Kier molecular flexibility index (Phi) is 8.25. The summed E-state index contributed by atoms with van der Waals surface area (Å²) >= 11 is 8.92. The van der Waals surface area contributed by atoms with E-state index in [9.17, 15) is 0 Å². The van der Waals surface area contributed by atoms with Crippen molar-refractivity contribution in [3.63, 3.8) is 0 Å². The first-order chi connectivity index (χ1) is 4.63. The van der Waals surface area contributed by atoms with E-state index < -0.39 is 11.6 Å². The van der Waals surface area contributed by atoms with Crippen molar-refractivity contribution in [2.45, 2.75) is 6.92 Å². The van der Waals surface area contributed by atoms with Crippen LogP contribution in [-0.4, -0.2) is 0 Å². The van der Waals surface area contributed by atoms with E-state index in [1.807, 2.05) is 12.1 Å². The third-order valence-electron chi connectivity index (χ3n) is 0.829. The molecule has 1 aromatic rings. The van der Waals surface area contributed by atoms with E-state index in [1.165, 1.54) is 5.56 Å². The Morgan fingerprint density at radius 3 is 1.50 bits per heavy atom. The van der Waals surface area contributed by atoms with E-state index >= 15 is 0 Å². The third kappa shape index (κ3) is 9.50. The predicted octanol–water partition coefficient (Wildman–Crippen LogP) is 4.25. The standard InChI is InChI=1S/C6H7.3BrH.Ti/c1-6-4-2-3-5-6;;;;/h2-5H,1H3;3*1H;/q-1;;;;+4/p-3. The molecule has 0 saturated heterocycles. The van der Waals surface area contributed by atoms with Gasteiger partial charge in [-0.05, 0) is 0 Å². The number of rotatable bonds is 0. The van der Waals surface area contributed by atoms with Gasteiger partial charge in [0.05, 0.1) is 0 Å². The monoisotopic (exact) mass is 364 g/mol. The van der Waals surface area contributed by atoms with Crippen LogP contribution in [0.3, 0.4) is 0 Å². The summed E-state index contributed by atoms with van der Waals surface area (Å²) in [5.74, 6) is 0. The SMILES string of the molecule is C[c-]1cccc1.[Br][Ti+]([Br])[Br]. The molecular weight excluding hydrogens is 360 g/mol. The van der Waals surface area contributed by atoms with Gasteiger partial charge >= 0.3 is 51.1 Å². The van der Waals surface area contributed by atoms with Crippen LogP contribution in [0.25, 0.3) is 0 Å². The fourth-order valence-corrected chi connectivity index (χ4v) is 0.470. The summed E-state index contributed by atoms with van der Waals surface area (Å²) in [6.45, 7) is 2.08. The quantitative estimate of drug-likeness (QED) is 0.476. The first kappa shape index (κ1) is 11.5. The van der Waals surface area contributed by atoms with Crippen molar-refractivity contribution in [3.05, 3.63) is 29.8 Å². The molecule has 0 nitrogen and oxygen atoms in total. The molecule has 0 amide bonds.